The highest BCUT2D eigenvalue weighted by atomic mass is 16.3. The van der Waals surface area contributed by atoms with Crippen LogP contribution in [-0.2, 0) is 17.9 Å². The molecule has 1 heterocycles. The van der Waals surface area contributed by atoms with E-state index < -0.39 is 0 Å². The van der Waals surface area contributed by atoms with Crippen molar-refractivity contribution in [3.8, 4) is 0 Å². The van der Waals surface area contributed by atoms with E-state index in [1.54, 1.807) is 6.26 Å². The van der Waals surface area contributed by atoms with Crippen LogP contribution in [-0.4, -0.2) is 23.9 Å². The fourth-order valence-electron chi connectivity index (χ4n) is 1.92. The molecule has 1 N–H and O–H groups in total. The number of hydrogen-bond acceptors (Lipinski definition) is 3. The zero-order valence-corrected chi connectivity index (χ0v) is 11.9. The third-order valence-corrected chi connectivity index (χ3v) is 3.34. The highest BCUT2D eigenvalue weighted by molar-refractivity contribution is 5.81. The molecule has 0 aliphatic carbocycles. The van der Waals surface area contributed by atoms with E-state index in [0.717, 1.165) is 11.3 Å². The lowest BCUT2D eigenvalue weighted by Gasteiger charge is -2.22. The normalized spacial score (nSPS) is 12.3. The fourth-order valence-corrected chi connectivity index (χ4v) is 1.92. The largest absolute Gasteiger partial charge is 0.468 e. The minimum Gasteiger partial charge on any atom is -0.468 e. The van der Waals surface area contributed by atoms with Crippen LogP contribution in [0.4, 0.5) is 0 Å². The summed E-state index contributed by atoms with van der Waals surface area (Å²) < 4.78 is 5.29. The molecule has 4 heteroatoms. The average Bonchev–Trinajstić information content (AvgIpc) is 2.98. The van der Waals surface area contributed by atoms with Gasteiger partial charge >= 0.3 is 0 Å². The Kier molecular flexibility index (Phi) is 4.96. The summed E-state index contributed by atoms with van der Waals surface area (Å²) in [5.74, 6) is 0.873. The first-order valence-electron chi connectivity index (χ1n) is 6.71. The van der Waals surface area contributed by atoms with Crippen LogP contribution in [0.5, 0.6) is 0 Å². The van der Waals surface area contributed by atoms with Gasteiger partial charge in [-0.15, -0.1) is 0 Å². The van der Waals surface area contributed by atoms with Gasteiger partial charge in [-0.1, -0.05) is 30.3 Å². The van der Waals surface area contributed by atoms with Crippen molar-refractivity contribution in [2.45, 2.75) is 26.1 Å². The van der Waals surface area contributed by atoms with Gasteiger partial charge in [0.05, 0.1) is 18.8 Å². The van der Waals surface area contributed by atoms with Gasteiger partial charge in [-0.2, -0.15) is 0 Å². The van der Waals surface area contributed by atoms with Crippen molar-refractivity contribution in [3.05, 3.63) is 60.1 Å². The summed E-state index contributed by atoms with van der Waals surface area (Å²) in [6.45, 7) is 3.06. The van der Waals surface area contributed by atoms with Gasteiger partial charge in [0.2, 0.25) is 5.91 Å². The first kappa shape index (κ1) is 14.3. The maximum atomic E-state index is 12.1. The number of carbonyl (C=O) groups is 1. The van der Waals surface area contributed by atoms with E-state index in [1.165, 1.54) is 0 Å². The average molecular weight is 272 g/mol. The van der Waals surface area contributed by atoms with E-state index in [0.29, 0.717) is 13.1 Å². The highest BCUT2D eigenvalue weighted by Gasteiger charge is 2.18. The Morgan fingerprint density at radius 2 is 2.00 bits per heavy atom. The van der Waals surface area contributed by atoms with Crippen molar-refractivity contribution in [1.82, 2.24) is 10.2 Å². The van der Waals surface area contributed by atoms with Gasteiger partial charge in [-0.05, 0) is 31.7 Å². The van der Waals surface area contributed by atoms with Gasteiger partial charge < -0.3 is 9.73 Å². The van der Waals surface area contributed by atoms with Crippen LogP contribution in [0.3, 0.4) is 0 Å². The maximum absolute atomic E-state index is 12.1. The summed E-state index contributed by atoms with van der Waals surface area (Å²) in [5.41, 5.74) is 1.10. The molecule has 1 aromatic carbocycles. The molecule has 2 rings (SSSR count). The molecule has 20 heavy (non-hydrogen) atoms. The predicted octanol–water partition coefficient (Wildman–Crippen LogP) is 2.42. The molecule has 4 nitrogen and oxygen atoms in total. The highest BCUT2D eigenvalue weighted by Crippen LogP contribution is 2.07. The van der Waals surface area contributed by atoms with Crippen molar-refractivity contribution in [3.63, 3.8) is 0 Å². The zero-order valence-electron chi connectivity index (χ0n) is 11.9. The Bertz CT molecular complexity index is 523. The number of carbonyl (C=O) groups excluding carboxylic acids is 1. The van der Waals surface area contributed by atoms with Crippen molar-refractivity contribution in [2.24, 2.45) is 0 Å². The molecular formula is C16H20N2O2. The number of nitrogens with zero attached hydrogens (tertiary/aromatic N) is 1. The van der Waals surface area contributed by atoms with E-state index >= 15 is 0 Å². The van der Waals surface area contributed by atoms with Crippen molar-refractivity contribution >= 4 is 5.91 Å². The molecule has 0 saturated heterocycles. The van der Waals surface area contributed by atoms with Crippen LogP contribution >= 0.6 is 0 Å². The van der Waals surface area contributed by atoms with E-state index in [9.17, 15) is 4.79 Å². The molecule has 0 aliphatic heterocycles. The lowest BCUT2D eigenvalue weighted by Crippen LogP contribution is -2.42. The van der Waals surface area contributed by atoms with E-state index in [2.05, 4.69) is 5.32 Å². The lowest BCUT2D eigenvalue weighted by atomic mass is 10.2. The van der Waals surface area contributed by atoms with Crippen molar-refractivity contribution in [1.29, 1.82) is 0 Å². The van der Waals surface area contributed by atoms with Crippen LogP contribution < -0.4 is 5.32 Å². The molecule has 2 aromatic rings. The van der Waals surface area contributed by atoms with E-state index in [4.69, 9.17) is 4.42 Å². The van der Waals surface area contributed by atoms with Gasteiger partial charge in [-0.3, -0.25) is 9.69 Å². The summed E-state index contributed by atoms with van der Waals surface area (Å²) in [6, 6.07) is 13.4. The molecule has 1 atom stereocenters. The second kappa shape index (κ2) is 6.91. The fraction of sp³-hybridized carbons (Fsp3) is 0.312. The Morgan fingerprint density at radius 3 is 2.65 bits per heavy atom. The number of amides is 1. The molecule has 0 aliphatic rings. The Labute approximate surface area is 119 Å². The number of furan rings is 1. The molecule has 0 spiro atoms. The molecular weight excluding hydrogens is 252 g/mol. The van der Waals surface area contributed by atoms with Gasteiger partial charge in [0, 0.05) is 6.54 Å². The van der Waals surface area contributed by atoms with Crippen molar-refractivity contribution in [2.75, 3.05) is 7.05 Å². The molecule has 0 radical (unpaired) electrons. The van der Waals surface area contributed by atoms with Crippen LogP contribution in [0.2, 0.25) is 0 Å². The first-order valence-corrected chi connectivity index (χ1v) is 6.71. The summed E-state index contributed by atoms with van der Waals surface area (Å²) in [5, 5.41) is 2.95. The van der Waals surface area contributed by atoms with Crippen molar-refractivity contribution < 1.29 is 9.21 Å². The minimum absolute atomic E-state index is 0.0166. The Morgan fingerprint density at radius 1 is 1.25 bits per heavy atom. The van der Waals surface area contributed by atoms with Crippen LogP contribution in [0, 0.1) is 0 Å². The SMILES string of the molecule is C[C@H](C(=O)NCc1ccccc1)N(C)Cc1ccco1. The van der Waals surface area contributed by atoms with E-state index in [-0.39, 0.29) is 11.9 Å². The van der Waals surface area contributed by atoms with Crippen LogP contribution in [0.25, 0.3) is 0 Å². The number of nitrogens with one attached hydrogen (secondary N) is 1. The summed E-state index contributed by atoms with van der Waals surface area (Å²) in [7, 11) is 1.91. The monoisotopic (exact) mass is 272 g/mol. The Hall–Kier alpha value is -2.07. The van der Waals surface area contributed by atoms with Gasteiger partial charge in [-0.25, -0.2) is 0 Å². The number of hydrogen-bond donors (Lipinski definition) is 1. The predicted molar refractivity (Wildman–Crippen MR) is 77.9 cm³/mol. The number of likely N-dealkylation sites (N-methyl/N-ethyl adjacent to an activating group) is 1. The summed E-state index contributed by atoms with van der Waals surface area (Å²) in [6.07, 6.45) is 1.64. The van der Waals surface area contributed by atoms with Gasteiger partial charge in [0.1, 0.15) is 5.76 Å². The second-order valence-electron chi connectivity index (χ2n) is 4.87. The minimum atomic E-state index is -0.205. The first-order chi connectivity index (χ1) is 9.66. The third-order valence-electron chi connectivity index (χ3n) is 3.34. The molecule has 0 unspecified atom stereocenters. The summed E-state index contributed by atoms with van der Waals surface area (Å²) in [4.78, 5) is 14.1. The van der Waals surface area contributed by atoms with E-state index in [1.807, 2.05) is 61.3 Å². The molecule has 106 valence electrons. The molecule has 1 aromatic heterocycles. The van der Waals surface area contributed by atoms with Crippen LogP contribution in [0.1, 0.15) is 18.2 Å². The molecule has 1 amide bonds. The third kappa shape index (κ3) is 3.96. The van der Waals surface area contributed by atoms with Gasteiger partial charge in [0.25, 0.3) is 0 Å². The van der Waals surface area contributed by atoms with Gasteiger partial charge in [0.15, 0.2) is 0 Å². The Balaban J connectivity index is 1.82. The molecule has 0 fully saturated rings. The number of rotatable bonds is 6. The quantitative estimate of drug-likeness (QED) is 0.878. The molecule has 0 saturated carbocycles. The summed E-state index contributed by atoms with van der Waals surface area (Å²) >= 11 is 0. The molecule has 0 bridgehead atoms. The zero-order chi connectivity index (χ0) is 14.4. The lowest BCUT2D eigenvalue weighted by molar-refractivity contribution is -0.125. The second-order valence-corrected chi connectivity index (χ2v) is 4.87. The maximum Gasteiger partial charge on any atom is 0.237 e. The standard InChI is InChI=1S/C16H20N2O2/c1-13(18(2)12-15-9-6-10-20-15)16(19)17-11-14-7-4-3-5-8-14/h3-10,13H,11-12H2,1-2H3,(H,17,19)/t13-/m1/s1. The number of benzene rings is 1. The smallest absolute Gasteiger partial charge is 0.237 e. The van der Waals surface area contributed by atoms with Crippen LogP contribution in [0.15, 0.2) is 53.1 Å². The topological polar surface area (TPSA) is 45.5 Å².